The highest BCUT2D eigenvalue weighted by atomic mass is 16.5. The maximum absolute atomic E-state index is 12.2. The predicted molar refractivity (Wildman–Crippen MR) is 106 cm³/mol. The number of esters is 1. The van der Waals surface area contributed by atoms with Crippen LogP contribution >= 0.6 is 0 Å². The summed E-state index contributed by atoms with van der Waals surface area (Å²) in [5.74, 6) is 0.130. The number of nitrogens with zero attached hydrogens (tertiary/aromatic N) is 1. The number of unbranched alkanes of at least 4 members (excludes halogenated alkanes) is 2. The number of urea groups is 1. The smallest absolute Gasteiger partial charge is 0.312 e. The van der Waals surface area contributed by atoms with Crippen molar-refractivity contribution in [3.63, 3.8) is 0 Å². The highest BCUT2D eigenvalue weighted by Crippen LogP contribution is 2.21. The summed E-state index contributed by atoms with van der Waals surface area (Å²) in [7, 11) is 0. The molecule has 7 nitrogen and oxygen atoms in total. The van der Waals surface area contributed by atoms with Crippen LogP contribution in [0.1, 0.15) is 44.1 Å². The SMILES string of the molecule is NC(=O)NCCCCCC(=O)OCC(=O)N1CCC(Cc2ccccc2)CC1. The van der Waals surface area contributed by atoms with Gasteiger partial charge in [0.05, 0.1) is 0 Å². The molecule has 154 valence electrons. The number of ether oxygens (including phenoxy) is 1. The van der Waals surface area contributed by atoms with Crippen molar-refractivity contribution in [3.05, 3.63) is 35.9 Å². The maximum atomic E-state index is 12.2. The van der Waals surface area contributed by atoms with Gasteiger partial charge in [0.15, 0.2) is 6.61 Å². The fraction of sp³-hybridized carbons (Fsp3) is 0.571. The summed E-state index contributed by atoms with van der Waals surface area (Å²) in [6, 6.07) is 9.88. The lowest BCUT2D eigenvalue weighted by Gasteiger charge is -2.32. The highest BCUT2D eigenvalue weighted by Gasteiger charge is 2.23. The van der Waals surface area contributed by atoms with E-state index >= 15 is 0 Å². The molecule has 0 radical (unpaired) electrons. The van der Waals surface area contributed by atoms with Crippen LogP contribution in [0.3, 0.4) is 0 Å². The molecule has 0 unspecified atom stereocenters. The summed E-state index contributed by atoms with van der Waals surface area (Å²) in [5.41, 5.74) is 6.31. The second kappa shape index (κ2) is 12.0. The maximum Gasteiger partial charge on any atom is 0.312 e. The van der Waals surface area contributed by atoms with Gasteiger partial charge in [-0.1, -0.05) is 36.8 Å². The number of carbonyl (C=O) groups is 3. The zero-order chi connectivity index (χ0) is 20.2. The van der Waals surface area contributed by atoms with Crippen LogP contribution in [0.2, 0.25) is 0 Å². The van der Waals surface area contributed by atoms with Crippen LogP contribution in [-0.4, -0.2) is 49.0 Å². The van der Waals surface area contributed by atoms with Crippen molar-refractivity contribution in [3.8, 4) is 0 Å². The van der Waals surface area contributed by atoms with E-state index < -0.39 is 6.03 Å². The lowest BCUT2D eigenvalue weighted by molar-refractivity contribution is -0.152. The molecule has 0 spiro atoms. The third-order valence-electron chi connectivity index (χ3n) is 5.05. The Morgan fingerprint density at radius 1 is 1.07 bits per heavy atom. The van der Waals surface area contributed by atoms with Crippen molar-refractivity contribution < 1.29 is 19.1 Å². The summed E-state index contributed by atoms with van der Waals surface area (Å²) in [5, 5.41) is 2.50. The van der Waals surface area contributed by atoms with Gasteiger partial charge in [0, 0.05) is 26.1 Å². The Morgan fingerprint density at radius 3 is 2.46 bits per heavy atom. The minimum Gasteiger partial charge on any atom is -0.456 e. The first-order valence-electron chi connectivity index (χ1n) is 10.0. The molecule has 1 aliphatic rings. The van der Waals surface area contributed by atoms with Gasteiger partial charge in [0.1, 0.15) is 0 Å². The van der Waals surface area contributed by atoms with Crippen molar-refractivity contribution in [1.29, 1.82) is 0 Å². The molecular formula is C21H31N3O4. The first-order valence-corrected chi connectivity index (χ1v) is 10.0. The van der Waals surface area contributed by atoms with Crippen LogP contribution in [0.25, 0.3) is 0 Å². The number of carbonyl (C=O) groups excluding carboxylic acids is 3. The van der Waals surface area contributed by atoms with E-state index in [1.165, 1.54) is 5.56 Å². The fourth-order valence-corrected chi connectivity index (χ4v) is 3.42. The third-order valence-corrected chi connectivity index (χ3v) is 5.05. The number of rotatable bonds is 10. The molecule has 0 saturated carbocycles. The van der Waals surface area contributed by atoms with Crippen LogP contribution in [0, 0.1) is 5.92 Å². The van der Waals surface area contributed by atoms with E-state index in [0.717, 1.165) is 45.2 Å². The van der Waals surface area contributed by atoms with E-state index in [1.54, 1.807) is 4.90 Å². The summed E-state index contributed by atoms with van der Waals surface area (Å²) < 4.78 is 5.10. The Balaban J connectivity index is 1.54. The first kappa shape index (κ1) is 21.7. The zero-order valence-corrected chi connectivity index (χ0v) is 16.4. The molecule has 0 atom stereocenters. The molecule has 7 heteroatoms. The lowest BCUT2D eigenvalue weighted by Crippen LogP contribution is -2.41. The Labute approximate surface area is 166 Å². The first-order chi connectivity index (χ1) is 13.5. The molecule has 1 heterocycles. The van der Waals surface area contributed by atoms with Crippen LogP contribution in [-0.2, 0) is 20.7 Å². The molecule has 0 bridgehead atoms. The topological polar surface area (TPSA) is 102 Å². The Kier molecular flexibility index (Phi) is 9.31. The van der Waals surface area contributed by atoms with Gasteiger partial charge in [-0.15, -0.1) is 0 Å². The van der Waals surface area contributed by atoms with Crippen LogP contribution in [0.4, 0.5) is 4.79 Å². The van der Waals surface area contributed by atoms with E-state index in [4.69, 9.17) is 10.5 Å². The average Bonchev–Trinajstić information content (AvgIpc) is 2.70. The van der Waals surface area contributed by atoms with Gasteiger partial charge in [-0.3, -0.25) is 9.59 Å². The van der Waals surface area contributed by atoms with E-state index in [9.17, 15) is 14.4 Å². The number of hydrogen-bond acceptors (Lipinski definition) is 4. The Morgan fingerprint density at radius 2 is 1.79 bits per heavy atom. The van der Waals surface area contributed by atoms with E-state index in [1.807, 2.05) is 6.07 Å². The van der Waals surface area contributed by atoms with Crippen LogP contribution < -0.4 is 11.1 Å². The van der Waals surface area contributed by atoms with Crippen LogP contribution in [0.5, 0.6) is 0 Å². The molecule has 3 N–H and O–H groups in total. The van der Waals surface area contributed by atoms with Gasteiger partial charge in [-0.2, -0.15) is 0 Å². The Bertz CT molecular complexity index is 628. The van der Waals surface area contributed by atoms with Crippen molar-refractivity contribution in [2.75, 3.05) is 26.2 Å². The molecule has 2 rings (SSSR count). The molecule has 1 aromatic carbocycles. The molecule has 1 saturated heterocycles. The molecule has 1 aromatic rings. The number of hydrogen-bond donors (Lipinski definition) is 2. The number of primary amides is 1. The quantitative estimate of drug-likeness (QED) is 0.473. The molecule has 0 aromatic heterocycles. The molecule has 1 fully saturated rings. The standard InChI is InChI=1S/C21H31N3O4/c22-21(27)23-12-6-2-5-9-20(26)28-16-19(25)24-13-10-18(11-14-24)15-17-7-3-1-4-8-17/h1,3-4,7-8,18H,2,5-6,9-16H2,(H3,22,23,27). The third kappa shape index (κ3) is 8.41. The molecular weight excluding hydrogens is 358 g/mol. The summed E-state index contributed by atoms with van der Waals surface area (Å²) >= 11 is 0. The monoisotopic (exact) mass is 389 g/mol. The average molecular weight is 389 g/mol. The fourth-order valence-electron chi connectivity index (χ4n) is 3.42. The second-order valence-electron chi connectivity index (χ2n) is 7.28. The number of nitrogens with two attached hydrogens (primary N) is 1. The summed E-state index contributed by atoms with van der Waals surface area (Å²) in [4.78, 5) is 36.3. The van der Waals surface area contributed by atoms with Gasteiger partial charge >= 0.3 is 12.0 Å². The minimum atomic E-state index is -0.540. The van der Waals surface area contributed by atoms with Gasteiger partial charge in [-0.05, 0) is 43.6 Å². The van der Waals surface area contributed by atoms with Crippen molar-refractivity contribution in [2.24, 2.45) is 11.7 Å². The lowest BCUT2D eigenvalue weighted by atomic mass is 9.90. The van der Waals surface area contributed by atoms with Gasteiger partial charge in [0.25, 0.3) is 5.91 Å². The Hall–Kier alpha value is -2.57. The van der Waals surface area contributed by atoms with Gasteiger partial charge < -0.3 is 20.7 Å². The normalized spacial score (nSPS) is 14.5. The molecule has 28 heavy (non-hydrogen) atoms. The number of benzene rings is 1. The summed E-state index contributed by atoms with van der Waals surface area (Å²) in [6.07, 6.45) is 5.50. The zero-order valence-electron chi connectivity index (χ0n) is 16.4. The van der Waals surface area contributed by atoms with Gasteiger partial charge in [0.2, 0.25) is 0 Å². The highest BCUT2D eigenvalue weighted by molar-refractivity contribution is 5.80. The number of nitrogens with one attached hydrogen (secondary N) is 1. The van der Waals surface area contributed by atoms with Crippen LogP contribution in [0.15, 0.2) is 30.3 Å². The molecule has 1 aliphatic heterocycles. The summed E-state index contributed by atoms with van der Waals surface area (Å²) in [6.45, 7) is 1.77. The number of likely N-dealkylation sites (tertiary alicyclic amines) is 1. The molecule has 0 aliphatic carbocycles. The van der Waals surface area contributed by atoms with E-state index in [-0.39, 0.29) is 24.9 Å². The molecule has 3 amide bonds. The number of piperidine rings is 1. The largest absolute Gasteiger partial charge is 0.456 e. The minimum absolute atomic E-state index is 0.114. The van der Waals surface area contributed by atoms with Crippen molar-refractivity contribution >= 4 is 17.9 Å². The van der Waals surface area contributed by atoms with Gasteiger partial charge in [-0.25, -0.2) is 4.79 Å². The van der Waals surface area contributed by atoms with Crippen molar-refractivity contribution in [1.82, 2.24) is 10.2 Å². The second-order valence-corrected chi connectivity index (χ2v) is 7.28. The van der Waals surface area contributed by atoms with Crippen molar-refractivity contribution in [2.45, 2.75) is 44.9 Å². The van der Waals surface area contributed by atoms with E-state index in [0.29, 0.717) is 18.9 Å². The predicted octanol–water partition coefficient (Wildman–Crippen LogP) is 2.24. The van der Waals surface area contributed by atoms with E-state index in [2.05, 4.69) is 29.6 Å². The number of amides is 3.